The average Bonchev–Trinajstić information content (AvgIpc) is 3.05. The average molecular weight is 446 g/mol. The zero-order chi connectivity index (χ0) is 24.0. The number of nitrogens with zero attached hydrogens (tertiary/aromatic N) is 3. The molecule has 7 N–H and O–H groups in total. The van der Waals surface area contributed by atoms with E-state index < -0.39 is 11.9 Å². The van der Waals surface area contributed by atoms with Crippen LogP contribution in [0.1, 0.15) is 32.0 Å². The maximum atomic E-state index is 12.3. The van der Waals surface area contributed by atoms with E-state index in [1.54, 1.807) is 47.9 Å². The molecule has 10 nitrogen and oxygen atoms in total. The monoisotopic (exact) mass is 446 g/mol. The molecule has 0 aliphatic heterocycles. The zero-order valence-corrected chi connectivity index (χ0v) is 18.2. The number of hydrogen-bond acceptors (Lipinski definition) is 8. The number of methoxy groups -OCH3 is 1. The summed E-state index contributed by atoms with van der Waals surface area (Å²) in [7, 11) is 1.29. The Hall–Kier alpha value is -4.60. The smallest absolute Gasteiger partial charge is 0.337 e. The first-order chi connectivity index (χ1) is 15.6. The number of aromatic nitrogens is 3. The molecule has 2 aromatic heterocycles. The van der Waals surface area contributed by atoms with Gasteiger partial charge < -0.3 is 27.0 Å². The van der Waals surface area contributed by atoms with Crippen LogP contribution in [0.5, 0.6) is 5.75 Å². The van der Waals surface area contributed by atoms with E-state index in [0.29, 0.717) is 22.4 Å². The maximum Gasteiger partial charge on any atom is 0.337 e. The fourth-order valence-electron chi connectivity index (χ4n) is 3.80. The van der Waals surface area contributed by atoms with Crippen molar-refractivity contribution in [1.29, 1.82) is 0 Å². The first-order valence-electron chi connectivity index (χ1n) is 9.91. The second-order valence-electron chi connectivity index (χ2n) is 7.54. The Morgan fingerprint density at radius 2 is 1.70 bits per heavy atom. The molecule has 4 rings (SSSR count). The van der Waals surface area contributed by atoms with Gasteiger partial charge in [0.25, 0.3) is 5.91 Å². The molecule has 0 saturated heterocycles. The highest BCUT2D eigenvalue weighted by Gasteiger charge is 2.25. The van der Waals surface area contributed by atoms with Crippen molar-refractivity contribution in [2.24, 2.45) is 5.73 Å². The Morgan fingerprint density at radius 3 is 2.30 bits per heavy atom. The number of nitrogen functional groups attached to an aromatic ring is 2. The van der Waals surface area contributed by atoms with Crippen LogP contribution in [0, 0.1) is 13.8 Å². The number of hydrogen-bond donors (Lipinski definition) is 4. The number of amides is 1. The van der Waals surface area contributed by atoms with E-state index in [1.807, 2.05) is 6.92 Å². The molecule has 168 valence electrons. The molecular weight excluding hydrogens is 424 g/mol. The number of benzene rings is 2. The van der Waals surface area contributed by atoms with Gasteiger partial charge in [-0.15, -0.1) is 0 Å². The Labute approximate surface area is 188 Å². The molecule has 0 saturated carbocycles. The molecule has 0 aliphatic rings. The lowest BCUT2D eigenvalue weighted by Crippen LogP contribution is -2.15. The van der Waals surface area contributed by atoms with Crippen LogP contribution in [0.2, 0.25) is 0 Å². The summed E-state index contributed by atoms with van der Waals surface area (Å²) in [5.74, 6) is -0.903. The van der Waals surface area contributed by atoms with Gasteiger partial charge in [0.1, 0.15) is 17.3 Å². The minimum Gasteiger partial charge on any atom is -0.508 e. The fourth-order valence-corrected chi connectivity index (χ4v) is 3.80. The van der Waals surface area contributed by atoms with Crippen LogP contribution in [0.3, 0.4) is 0 Å². The molecular formula is C23H22N6O4. The van der Waals surface area contributed by atoms with Crippen molar-refractivity contribution in [3.63, 3.8) is 0 Å². The number of ether oxygens (including phenoxy) is 1. The van der Waals surface area contributed by atoms with Gasteiger partial charge in [0.05, 0.1) is 29.4 Å². The van der Waals surface area contributed by atoms with Crippen molar-refractivity contribution in [3.05, 3.63) is 58.8 Å². The van der Waals surface area contributed by atoms with E-state index in [0.717, 1.165) is 5.56 Å². The SMILES string of the molecule is COC(=O)c1ccc(-c2nc(C(N)=O)c3c(N)c(N)n(-c4c(C)ccc(O)c4C)c3n2)cc1. The number of carbonyl (C=O) groups is 2. The van der Waals surface area contributed by atoms with E-state index in [2.05, 4.69) is 9.97 Å². The van der Waals surface area contributed by atoms with Crippen LogP contribution in [-0.2, 0) is 4.74 Å². The van der Waals surface area contributed by atoms with Gasteiger partial charge in [-0.3, -0.25) is 9.36 Å². The van der Waals surface area contributed by atoms with Crippen molar-refractivity contribution in [1.82, 2.24) is 14.5 Å². The standard InChI is InChI=1S/C23H22N6O4/c1-10-4-9-14(30)11(2)18(10)29-19(25)16(24)15-17(20(26)31)27-21(28-22(15)29)12-5-7-13(8-6-12)23(32)33-3/h4-9,30H,24-25H2,1-3H3,(H2,26,31). The lowest BCUT2D eigenvalue weighted by Gasteiger charge is -2.15. The van der Waals surface area contributed by atoms with Crippen LogP contribution in [0.4, 0.5) is 11.5 Å². The lowest BCUT2D eigenvalue weighted by atomic mass is 10.1. The summed E-state index contributed by atoms with van der Waals surface area (Å²) < 4.78 is 6.30. The van der Waals surface area contributed by atoms with Gasteiger partial charge in [-0.2, -0.15) is 0 Å². The molecule has 1 amide bonds. The number of phenolic OH excluding ortho intramolecular Hbond substituents is 1. The van der Waals surface area contributed by atoms with E-state index >= 15 is 0 Å². The number of esters is 1. The molecule has 0 fully saturated rings. The lowest BCUT2D eigenvalue weighted by molar-refractivity contribution is 0.0600. The number of primary amides is 1. The predicted molar refractivity (Wildman–Crippen MR) is 124 cm³/mol. The van der Waals surface area contributed by atoms with Crippen LogP contribution in [-0.4, -0.2) is 38.6 Å². The molecule has 10 heteroatoms. The minimum atomic E-state index is -0.803. The molecule has 0 aliphatic carbocycles. The van der Waals surface area contributed by atoms with Gasteiger partial charge in [0, 0.05) is 11.1 Å². The number of carbonyl (C=O) groups excluding carboxylic acids is 2. The van der Waals surface area contributed by atoms with Gasteiger partial charge >= 0.3 is 5.97 Å². The predicted octanol–water partition coefficient (Wildman–Crippen LogP) is 2.46. The van der Waals surface area contributed by atoms with Crippen molar-refractivity contribution in [2.45, 2.75) is 13.8 Å². The third-order valence-corrected chi connectivity index (χ3v) is 5.51. The van der Waals surface area contributed by atoms with Crippen LogP contribution in [0.15, 0.2) is 36.4 Å². The Bertz CT molecular complexity index is 1440. The highest BCUT2D eigenvalue weighted by Crippen LogP contribution is 2.38. The summed E-state index contributed by atoms with van der Waals surface area (Å²) in [5, 5.41) is 10.5. The van der Waals surface area contributed by atoms with Gasteiger partial charge in [0.2, 0.25) is 0 Å². The van der Waals surface area contributed by atoms with Crippen molar-refractivity contribution in [3.8, 4) is 22.8 Å². The van der Waals surface area contributed by atoms with E-state index in [1.165, 1.54) is 7.11 Å². The molecule has 0 bridgehead atoms. The first-order valence-corrected chi connectivity index (χ1v) is 9.91. The van der Waals surface area contributed by atoms with Gasteiger partial charge in [0.15, 0.2) is 11.5 Å². The number of aryl methyl sites for hydroxylation is 1. The highest BCUT2D eigenvalue weighted by molar-refractivity contribution is 6.11. The van der Waals surface area contributed by atoms with Crippen LogP contribution >= 0.6 is 0 Å². The molecule has 2 aromatic carbocycles. The number of fused-ring (bicyclic) bond motifs is 1. The van der Waals surface area contributed by atoms with E-state index in [-0.39, 0.29) is 39.8 Å². The summed E-state index contributed by atoms with van der Waals surface area (Å²) in [5.41, 5.74) is 21.3. The summed E-state index contributed by atoms with van der Waals surface area (Å²) in [6, 6.07) is 9.69. The molecule has 33 heavy (non-hydrogen) atoms. The number of phenols is 1. The van der Waals surface area contributed by atoms with E-state index in [4.69, 9.17) is 21.9 Å². The van der Waals surface area contributed by atoms with Gasteiger partial charge in [-0.25, -0.2) is 14.8 Å². The van der Waals surface area contributed by atoms with Crippen molar-refractivity contribution >= 4 is 34.4 Å². The third kappa shape index (κ3) is 3.37. The molecule has 0 spiro atoms. The Kier molecular flexibility index (Phi) is 5.13. The molecule has 4 aromatic rings. The summed E-state index contributed by atoms with van der Waals surface area (Å²) in [4.78, 5) is 33.0. The van der Waals surface area contributed by atoms with Crippen molar-refractivity contribution in [2.75, 3.05) is 18.6 Å². The molecule has 0 atom stereocenters. The highest BCUT2D eigenvalue weighted by atomic mass is 16.5. The summed E-state index contributed by atoms with van der Waals surface area (Å²) >= 11 is 0. The third-order valence-electron chi connectivity index (χ3n) is 5.51. The minimum absolute atomic E-state index is 0.0678. The molecule has 0 unspecified atom stereocenters. The largest absolute Gasteiger partial charge is 0.508 e. The Morgan fingerprint density at radius 1 is 1.03 bits per heavy atom. The second-order valence-corrected chi connectivity index (χ2v) is 7.54. The maximum absolute atomic E-state index is 12.3. The summed E-state index contributed by atoms with van der Waals surface area (Å²) in [6.45, 7) is 3.59. The topological polar surface area (TPSA) is 172 Å². The van der Waals surface area contributed by atoms with Gasteiger partial charge in [-0.05, 0) is 37.6 Å². The van der Waals surface area contributed by atoms with Gasteiger partial charge in [-0.1, -0.05) is 18.2 Å². The van der Waals surface area contributed by atoms with Crippen LogP contribution < -0.4 is 17.2 Å². The number of anilines is 2. The zero-order valence-electron chi connectivity index (χ0n) is 18.2. The fraction of sp³-hybridized carbons (Fsp3) is 0.130. The quantitative estimate of drug-likeness (QED) is 0.346. The van der Waals surface area contributed by atoms with Crippen molar-refractivity contribution < 1.29 is 19.4 Å². The Balaban J connectivity index is 2.06. The summed E-state index contributed by atoms with van der Waals surface area (Å²) in [6.07, 6.45) is 0. The number of rotatable bonds is 4. The second kappa shape index (κ2) is 7.83. The normalized spacial score (nSPS) is 11.0. The number of nitrogens with two attached hydrogens (primary N) is 3. The molecule has 2 heterocycles. The number of aromatic hydroxyl groups is 1. The van der Waals surface area contributed by atoms with Crippen LogP contribution in [0.25, 0.3) is 28.1 Å². The first kappa shape index (κ1) is 21.6. The molecule has 0 radical (unpaired) electrons. The van der Waals surface area contributed by atoms with E-state index in [9.17, 15) is 14.7 Å².